The lowest BCUT2D eigenvalue weighted by Gasteiger charge is -2.10. The summed E-state index contributed by atoms with van der Waals surface area (Å²) in [6.07, 6.45) is 17.9. The Bertz CT molecular complexity index is 1060. The first-order valence-electron chi connectivity index (χ1n) is 13.9. The van der Waals surface area contributed by atoms with Crippen molar-refractivity contribution in [2.75, 3.05) is 11.9 Å². The van der Waals surface area contributed by atoms with Crippen molar-refractivity contribution >= 4 is 34.5 Å². The van der Waals surface area contributed by atoms with Crippen LogP contribution in [0.25, 0.3) is 0 Å². The highest BCUT2D eigenvalue weighted by Crippen LogP contribution is 2.24. The van der Waals surface area contributed by atoms with Crippen LogP contribution < -0.4 is 31.6 Å². The van der Waals surface area contributed by atoms with Crippen molar-refractivity contribution in [3.8, 4) is 5.75 Å². The number of carbonyl (C=O) groups excluding carboxylic acids is 1. The van der Waals surface area contributed by atoms with Gasteiger partial charge in [-0.25, -0.2) is 0 Å². The number of aromatic nitrogens is 1. The molecule has 0 saturated carbocycles. The first-order valence-corrected chi connectivity index (χ1v) is 15.2. The number of unbranched alkanes of at least 4 members (excludes halogenated alkanes) is 11. The highest BCUT2D eigenvalue weighted by molar-refractivity contribution is 7.07. The zero-order valence-electron chi connectivity index (χ0n) is 22.6. The van der Waals surface area contributed by atoms with Crippen molar-refractivity contribution in [3.63, 3.8) is 0 Å². The van der Waals surface area contributed by atoms with E-state index < -0.39 is 0 Å². The highest BCUT2D eigenvalue weighted by atomic mass is 79.9. The number of halogens is 2. The molecule has 0 radical (unpaired) electrons. The Morgan fingerprint density at radius 1 is 0.921 bits per heavy atom. The van der Waals surface area contributed by atoms with E-state index in [4.69, 9.17) is 16.3 Å². The van der Waals surface area contributed by atoms with Crippen molar-refractivity contribution in [1.82, 2.24) is 0 Å². The van der Waals surface area contributed by atoms with Gasteiger partial charge < -0.3 is 27.0 Å². The topological polar surface area (TPSA) is 42.2 Å². The molecule has 0 bridgehead atoms. The van der Waals surface area contributed by atoms with Gasteiger partial charge in [0.1, 0.15) is 5.75 Å². The number of carbonyl (C=O) groups is 1. The van der Waals surface area contributed by atoms with Crippen molar-refractivity contribution < 1.29 is 31.1 Å². The number of amides is 1. The van der Waals surface area contributed by atoms with Gasteiger partial charge in [0, 0.05) is 11.3 Å². The number of anilines is 1. The van der Waals surface area contributed by atoms with E-state index in [-0.39, 0.29) is 22.9 Å². The fourth-order valence-electron chi connectivity index (χ4n) is 4.41. The Kier molecular flexibility index (Phi) is 16.3. The van der Waals surface area contributed by atoms with Crippen LogP contribution in [0.3, 0.4) is 0 Å². The predicted octanol–water partition coefficient (Wildman–Crippen LogP) is 6.07. The van der Waals surface area contributed by atoms with Crippen molar-refractivity contribution in [1.29, 1.82) is 0 Å². The largest absolute Gasteiger partial charge is 1.00 e. The molecule has 1 amide bonds. The van der Waals surface area contributed by atoms with Crippen molar-refractivity contribution in [2.24, 2.45) is 0 Å². The van der Waals surface area contributed by atoms with Gasteiger partial charge in [-0.2, -0.15) is 4.57 Å². The molecule has 4 nitrogen and oxygen atoms in total. The van der Waals surface area contributed by atoms with Gasteiger partial charge in [0.25, 0.3) is 5.91 Å². The molecule has 2 aromatic carbocycles. The van der Waals surface area contributed by atoms with Gasteiger partial charge in [-0.3, -0.25) is 4.79 Å². The van der Waals surface area contributed by atoms with E-state index in [1.807, 2.05) is 35.8 Å². The summed E-state index contributed by atoms with van der Waals surface area (Å²) in [6.45, 7) is 3.71. The number of nitrogens with one attached hydrogen (secondary N) is 1. The van der Waals surface area contributed by atoms with Crippen LogP contribution in [-0.2, 0) is 6.54 Å². The second-order valence-corrected chi connectivity index (χ2v) is 10.9. The van der Waals surface area contributed by atoms with Gasteiger partial charge in [0.05, 0.1) is 22.6 Å². The van der Waals surface area contributed by atoms with E-state index in [0.29, 0.717) is 22.9 Å². The predicted molar refractivity (Wildman–Crippen MR) is 156 cm³/mol. The molecule has 1 N–H and O–H groups in total. The summed E-state index contributed by atoms with van der Waals surface area (Å²) >= 11 is 8.09. The number of hydrogen-bond acceptors (Lipinski definition) is 3. The van der Waals surface area contributed by atoms with Crippen LogP contribution in [0.4, 0.5) is 5.69 Å². The van der Waals surface area contributed by atoms with Crippen LogP contribution in [0.1, 0.15) is 99.9 Å². The Morgan fingerprint density at radius 3 is 2.24 bits per heavy atom. The minimum Gasteiger partial charge on any atom is -1.00 e. The monoisotopic (exact) mass is 620 g/mol. The molecule has 208 valence electrons. The Labute approximate surface area is 248 Å². The molecule has 1 aromatic heterocycles. The summed E-state index contributed by atoms with van der Waals surface area (Å²) in [4.78, 5) is 12.8. The Balaban J connectivity index is 0.00000507. The zero-order valence-corrected chi connectivity index (χ0v) is 25.8. The van der Waals surface area contributed by atoms with Gasteiger partial charge >= 0.3 is 0 Å². The number of nitrogens with zero attached hydrogens (tertiary/aromatic N) is 1. The fourth-order valence-corrected chi connectivity index (χ4v) is 5.27. The maximum atomic E-state index is 12.8. The minimum atomic E-state index is -0.224. The van der Waals surface area contributed by atoms with Crippen molar-refractivity contribution in [2.45, 2.75) is 90.5 Å². The first kappa shape index (κ1) is 32.3. The first-order chi connectivity index (χ1) is 18.2. The average molecular weight is 622 g/mol. The quantitative estimate of drug-likeness (QED) is 0.138. The Morgan fingerprint density at radius 2 is 1.61 bits per heavy atom. The summed E-state index contributed by atoms with van der Waals surface area (Å²) in [5.74, 6) is 0.484. The van der Waals surface area contributed by atoms with Crippen LogP contribution in [0, 0.1) is 0 Å². The normalized spacial score (nSPS) is 10.7. The number of rotatable bonds is 18. The molecule has 3 rings (SSSR count). The zero-order chi connectivity index (χ0) is 26.1. The summed E-state index contributed by atoms with van der Waals surface area (Å²) in [6, 6.07) is 13.2. The van der Waals surface area contributed by atoms with Gasteiger partial charge in [-0.05, 0) is 36.8 Å². The van der Waals surface area contributed by atoms with Crippen LogP contribution in [0.2, 0.25) is 5.02 Å². The summed E-state index contributed by atoms with van der Waals surface area (Å²) < 4.78 is 7.99. The van der Waals surface area contributed by atoms with E-state index in [1.165, 1.54) is 70.6 Å². The van der Waals surface area contributed by atoms with Crippen LogP contribution in [0.5, 0.6) is 5.75 Å². The van der Waals surface area contributed by atoms with Crippen LogP contribution in [-0.4, -0.2) is 12.5 Å². The van der Waals surface area contributed by atoms with Gasteiger partial charge in [-0.1, -0.05) is 113 Å². The molecule has 0 unspecified atom stereocenters. The van der Waals surface area contributed by atoms with E-state index >= 15 is 0 Å². The molecular formula is C31H42BrClN2O2S. The second-order valence-electron chi connectivity index (χ2n) is 9.73. The molecule has 0 aliphatic rings. The smallest absolute Gasteiger partial charge is 0.257 e. The van der Waals surface area contributed by atoms with Gasteiger partial charge in [0.15, 0.2) is 12.7 Å². The molecule has 0 fully saturated rings. The lowest BCUT2D eigenvalue weighted by molar-refractivity contribution is -0.683. The second kappa shape index (κ2) is 19.2. The van der Waals surface area contributed by atoms with E-state index in [1.54, 1.807) is 23.5 Å². The summed E-state index contributed by atoms with van der Waals surface area (Å²) in [5.41, 5.74) is 4.37. The molecule has 0 spiro atoms. The van der Waals surface area contributed by atoms with Crippen molar-refractivity contribution in [3.05, 3.63) is 75.7 Å². The third-order valence-electron chi connectivity index (χ3n) is 6.53. The Hall–Kier alpha value is -1.89. The average Bonchev–Trinajstić information content (AvgIpc) is 3.40. The molecule has 0 aliphatic carbocycles. The number of ether oxygens (including phenoxy) is 1. The van der Waals surface area contributed by atoms with E-state index in [0.717, 1.165) is 24.2 Å². The SMILES string of the molecule is CCCCCCCCCCCCCCOc1ccc(C(=O)Nc2cccc(C[n+]3ccsc3)c2)c(Cl)c1.[Br-]. The molecule has 0 aliphatic heterocycles. The number of hydrogen-bond donors (Lipinski definition) is 1. The maximum Gasteiger partial charge on any atom is 0.257 e. The minimum absolute atomic E-state index is 0. The fraction of sp³-hybridized carbons (Fsp3) is 0.484. The van der Waals surface area contributed by atoms with Gasteiger partial charge in [-0.15, -0.1) is 0 Å². The molecule has 0 atom stereocenters. The molecule has 1 heterocycles. The molecular weight excluding hydrogens is 580 g/mol. The molecule has 0 saturated heterocycles. The third-order valence-corrected chi connectivity index (χ3v) is 7.51. The van der Waals surface area contributed by atoms with E-state index in [2.05, 4.69) is 28.4 Å². The van der Waals surface area contributed by atoms with Crippen LogP contribution >= 0.6 is 22.9 Å². The molecule has 3 aromatic rings. The maximum absolute atomic E-state index is 12.8. The lowest BCUT2D eigenvalue weighted by atomic mass is 10.1. The number of thiazole rings is 1. The molecule has 7 heteroatoms. The standard InChI is InChI=1S/C31H41ClN2O2S.BrH/c1-2-3-4-5-6-7-8-9-10-11-12-13-20-36-28-17-18-29(30(32)23-28)31(35)33-27-16-14-15-26(22-27)24-34-19-21-37-25-34;/h14-19,21-23,25H,2-13,20,24H2,1H3;1H. The van der Waals surface area contributed by atoms with E-state index in [9.17, 15) is 4.79 Å². The summed E-state index contributed by atoms with van der Waals surface area (Å²) in [7, 11) is 0. The lowest BCUT2D eigenvalue weighted by Crippen LogP contribution is -3.00. The summed E-state index contributed by atoms with van der Waals surface area (Å²) in [5, 5.41) is 5.40. The highest BCUT2D eigenvalue weighted by Gasteiger charge is 2.13. The molecule has 38 heavy (non-hydrogen) atoms. The van der Waals surface area contributed by atoms with Gasteiger partial charge in [0.2, 0.25) is 5.51 Å². The third kappa shape index (κ3) is 12.3. The number of benzene rings is 2. The van der Waals surface area contributed by atoms with Crippen LogP contribution in [0.15, 0.2) is 59.6 Å².